The highest BCUT2D eigenvalue weighted by Gasteiger charge is 2.04. The molecule has 0 saturated carbocycles. The number of hydrogen-bond acceptors (Lipinski definition) is 3. The van der Waals surface area contributed by atoms with Gasteiger partial charge in [-0.2, -0.15) is 0 Å². The summed E-state index contributed by atoms with van der Waals surface area (Å²) in [5.74, 6) is 0.246. The van der Waals surface area contributed by atoms with E-state index in [9.17, 15) is 9.59 Å². The lowest BCUT2D eigenvalue weighted by Gasteiger charge is -2.08. The Labute approximate surface area is 154 Å². The van der Waals surface area contributed by atoms with E-state index >= 15 is 0 Å². The summed E-state index contributed by atoms with van der Waals surface area (Å²) in [5.41, 5.74) is 1.98. The quantitative estimate of drug-likeness (QED) is 0.718. The molecule has 0 radical (unpaired) electrons. The largest absolute Gasteiger partial charge is 0.489 e. The van der Waals surface area contributed by atoms with Gasteiger partial charge in [0.2, 0.25) is 11.8 Å². The monoisotopic (exact) mass is 352 g/mol. The van der Waals surface area contributed by atoms with Gasteiger partial charge >= 0.3 is 0 Å². The maximum Gasteiger partial charge on any atom is 0.244 e. The van der Waals surface area contributed by atoms with E-state index in [0.717, 1.165) is 16.9 Å². The zero-order valence-electron chi connectivity index (χ0n) is 15.1. The van der Waals surface area contributed by atoms with Gasteiger partial charge in [-0.15, -0.1) is 0 Å². The van der Waals surface area contributed by atoms with E-state index < -0.39 is 0 Å². The molecule has 136 valence electrons. The van der Waals surface area contributed by atoms with Crippen molar-refractivity contribution in [2.24, 2.45) is 0 Å². The predicted molar refractivity (Wildman–Crippen MR) is 103 cm³/mol. The van der Waals surface area contributed by atoms with Crippen LogP contribution in [0.25, 0.3) is 6.08 Å². The van der Waals surface area contributed by atoms with Crippen LogP contribution >= 0.6 is 0 Å². The van der Waals surface area contributed by atoms with Crippen molar-refractivity contribution in [1.82, 2.24) is 10.6 Å². The van der Waals surface area contributed by atoms with Crippen molar-refractivity contribution in [2.45, 2.75) is 26.5 Å². The van der Waals surface area contributed by atoms with Crippen molar-refractivity contribution in [3.8, 4) is 5.75 Å². The number of nitrogens with one attached hydrogen (secondary N) is 2. The van der Waals surface area contributed by atoms with Gasteiger partial charge in [-0.3, -0.25) is 9.59 Å². The van der Waals surface area contributed by atoms with Crippen LogP contribution in [-0.4, -0.2) is 24.4 Å². The Morgan fingerprint density at radius 3 is 2.38 bits per heavy atom. The number of benzene rings is 2. The molecule has 5 nitrogen and oxygen atoms in total. The number of carbonyl (C=O) groups is 2. The molecule has 2 aromatic rings. The zero-order valence-corrected chi connectivity index (χ0v) is 15.1. The van der Waals surface area contributed by atoms with Gasteiger partial charge < -0.3 is 15.4 Å². The Kier molecular flexibility index (Phi) is 7.43. The van der Waals surface area contributed by atoms with Crippen molar-refractivity contribution in [3.05, 3.63) is 71.8 Å². The van der Waals surface area contributed by atoms with E-state index in [0.29, 0.717) is 6.61 Å². The zero-order chi connectivity index (χ0) is 18.8. The lowest BCUT2D eigenvalue weighted by Crippen LogP contribution is -2.39. The van der Waals surface area contributed by atoms with Gasteiger partial charge in [0.1, 0.15) is 12.4 Å². The highest BCUT2D eigenvalue weighted by molar-refractivity contribution is 5.94. The average molecular weight is 352 g/mol. The molecule has 0 aliphatic heterocycles. The number of carbonyl (C=O) groups excluding carboxylic acids is 2. The minimum Gasteiger partial charge on any atom is -0.489 e. The fourth-order valence-corrected chi connectivity index (χ4v) is 2.19. The summed E-state index contributed by atoms with van der Waals surface area (Å²) in [5, 5.41) is 5.26. The van der Waals surface area contributed by atoms with Crippen LogP contribution < -0.4 is 15.4 Å². The molecule has 0 aliphatic rings. The summed E-state index contributed by atoms with van der Waals surface area (Å²) >= 11 is 0. The normalized spacial score (nSPS) is 10.7. The second-order valence-corrected chi connectivity index (χ2v) is 6.12. The highest BCUT2D eigenvalue weighted by atomic mass is 16.5. The lowest BCUT2D eigenvalue weighted by atomic mass is 10.2. The van der Waals surface area contributed by atoms with Gasteiger partial charge in [0, 0.05) is 12.1 Å². The second kappa shape index (κ2) is 10.0. The van der Waals surface area contributed by atoms with E-state index in [1.807, 2.05) is 68.4 Å². The van der Waals surface area contributed by atoms with Crippen LogP contribution in [0.5, 0.6) is 5.75 Å². The van der Waals surface area contributed by atoms with Gasteiger partial charge in [-0.05, 0) is 43.2 Å². The van der Waals surface area contributed by atoms with Crippen molar-refractivity contribution in [2.75, 3.05) is 6.54 Å². The van der Waals surface area contributed by atoms with Crippen LogP contribution in [0.2, 0.25) is 0 Å². The van der Waals surface area contributed by atoms with E-state index in [1.54, 1.807) is 6.08 Å². The first kappa shape index (κ1) is 19.2. The van der Waals surface area contributed by atoms with E-state index in [2.05, 4.69) is 10.6 Å². The summed E-state index contributed by atoms with van der Waals surface area (Å²) < 4.78 is 5.72. The third-order valence-corrected chi connectivity index (χ3v) is 3.43. The highest BCUT2D eigenvalue weighted by Crippen LogP contribution is 2.15. The van der Waals surface area contributed by atoms with Crippen molar-refractivity contribution in [1.29, 1.82) is 0 Å². The molecular formula is C21H24N2O3. The van der Waals surface area contributed by atoms with Gasteiger partial charge in [-0.1, -0.05) is 42.5 Å². The minimum absolute atomic E-state index is 0.0341. The Morgan fingerprint density at radius 2 is 1.73 bits per heavy atom. The van der Waals surface area contributed by atoms with Crippen LogP contribution in [0.1, 0.15) is 25.0 Å². The first-order valence-electron chi connectivity index (χ1n) is 8.55. The lowest BCUT2D eigenvalue weighted by molar-refractivity contribution is -0.124. The molecule has 0 heterocycles. The average Bonchev–Trinajstić information content (AvgIpc) is 2.64. The van der Waals surface area contributed by atoms with Crippen molar-refractivity contribution < 1.29 is 14.3 Å². The Balaban J connectivity index is 1.78. The smallest absolute Gasteiger partial charge is 0.244 e. The van der Waals surface area contributed by atoms with Crippen molar-refractivity contribution in [3.63, 3.8) is 0 Å². The summed E-state index contributed by atoms with van der Waals surface area (Å²) in [6.45, 7) is 4.21. The standard InChI is InChI=1S/C21H24N2O3/c1-16(2)23-21(25)14-22-20(24)13-10-17-8-11-19(12-9-17)26-15-18-6-4-3-5-7-18/h3-13,16H,14-15H2,1-2H3,(H,22,24)(H,23,25)/b13-10+. The molecule has 0 fully saturated rings. The molecule has 0 bridgehead atoms. The van der Waals surface area contributed by atoms with Gasteiger partial charge in [0.15, 0.2) is 0 Å². The number of ether oxygens (including phenoxy) is 1. The topological polar surface area (TPSA) is 67.4 Å². The van der Waals surface area contributed by atoms with Gasteiger partial charge in [0.05, 0.1) is 6.54 Å². The molecule has 0 atom stereocenters. The summed E-state index contributed by atoms with van der Waals surface area (Å²) in [6, 6.07) is 17.5. The van der Waals surface area contributed by atoms with Crippen LogP contribution in [0.15, 0.2) is 60.7 Å². The first-order chi connectivity index (χ1) is 12.5. The van der Waals surface area contributed by atoms with E-state index in [-0.39, 0.29) is 24.4 Å². The third kappa shape index (κ3) is 7.21. The van der Waals surface area contributed by atoms with Crippen LogP contribution in [0.3, 0.4) is 0 Å². The molecule has 0 saturated heterocycles. The molecule has 0 unspecified atom stereocenters. The van der Waals surface area contributed by atoms with Gasteiger partial charge in [-0.25, -0.2) is 0 Å². The van der Waals surface area contributed by atoms with Gasteiger partial charge in [0.25, 0.3) is 0 Å². The summed E-state index contributed by atoms with van der Waals surface area (Å²) in [6.07, 6.45) is 3.10. The first-order valence-corrected chi connectivity index (χ1v) is 8.55. The number of amides is 2. The maximum absolute atomic E-state index is 11.7. The minimum atomic E-state index is -0.312. The Hall–Kier alpha value is -3.08. The SMILES string of the molecule is CC(C)NC(=O)CNC(=O)/C=C/c1ccc(OCc2ccccc2)cc1. The van der Waals surface area contributed by atoms with Crippen molar-refractivity contribution >= 4 is 17.9 Å². The van der Waals surface area contributed by atoms with Crippen LogP contribution in [0, 0.1) is 0 Å². The molecular weight excluding hydrogens is 328 g/mol. The number of rotatable bonds is 8. The van der Waals surface area contributed by atoms with E-state index in [1.165, 1.54) is 6.08 Å². The summed E-state index contributed by atoms with van der Waals surface area (Å²) in [7, 11) is 0. The predicted octanol–water partition coefficient (Wildman–Crippen LogP) is 2.92. The fourth-order valence-electron chi connectivity index (χ4n) is 2.19. The molecule has 0 aromatic heterocycles. The molecule has 2 aromatic carbocycles. The Morgan fingerprint density at radius 1 is 1.04 bits per heavy atom. The third-order valence-electron chi connectivity index (χ3n) is 3.43. The molecule has 2 rings (SSSR count). The number of hydrogen-bond donors (Lipinski definition) is 2. The summed E-state index contributed by atoms with van der Waals surface area (Å²) in [4.78, 5) is 23.2. The molecule has 5 heteroatoms. The molecule has 0 spiro atoms. The molecule has 26 heavy (non-hydrogen) atoms. The molecule has 2 amide bonds. The van der Waals surface area contributed by atoms with Crippen LogP contribution in [0.4, 0.5) is 0 Å². The van der Waals surface area contributed by atoms with Crippen LogP contribution in [-0.2, 0) is 16.2 Å². The van der Waals surface area contributed by atoms with E-state index in [4.69, 9.17) is 4.74 Å². The molecule has 2 N–H and O–H groups in total. The fraction of sp³-hybridized carbons (Fsp3) is 0.238. The molecule has 0 aliphatic carbocycles. The Bertz CT molecular complexity index is 738. The second-order valence-electron chi connectivity index (χ2n) is 6.12. The maximum atomic E-state index is 11.7.